The minimum absolute atomic E-state index is 0.148. The Balaban J connectivity index is 1.51. The van der Waals surface area contributed by atoms with Gasteiger partial charge in [-0.2, -0.15) is 0 Å². The maximum atomic E-state index is 12.0. The molecule has 2 N–H and O–H groups in total. The minimum atomic E-state index is -0.670. The molecule has 0 radical (unpaired) electrons. The summed E-state index contributed by atoms with van der Waals surface area (Å²) in [5.74, 6) is -0.148. The van der Waals surface area contributed by atoms with Gasteiger partial charge in [-0.25, -0.2) is 0 Å². The topological polar surface area (TPSA) is 71.0 Å². The highest BCUT2D eigenvalue weighted by atomic mass is 32.1. The van der Waals surface area contributed by atoms with Gasteiger partial charge in [0.1, 0.15) is 6.10 Å². The number of amides is 1. The summed E-state index contributed by atoms with van der Waals surface area (Å²) in [7, 11) is 0. The summed E-state index contributed by atoms with van der Waals surface area (Å²) in [6.45, 7) is 4.20. The molecular weight excluding hydrogens is 292 g/mol. The molecule has 21 heavy (non-hydrogen) atoms. The SMILES string of the molecule is O=C(N[C@H]1CO[C@@H](CN2CCOCC2)[C@@H]1O)c1cccs1. The fraction of sp³-hybridized carbons (Fsp3) is 0.643. The predicted octanol–water partition coefficient (Wildman–Crippen LogP) is -0.0616. The monoisotopic (exact) mass is 312 g/mol. The Morgan fingerprint density at radius 3 is 3.00 bits per heavy atom. The first-order chi connectivity index (χ1) is 10.2. The molecule has 2 fully saturated rings. The lowest BCUT2D eigenvalue weighted by Gasteiger charge is -2.29. The fourth-order valence-corrected chi connectivity index (χ4v) is 3.28. The van der Waals surface area contributed by atoms with Gasteiger partial charge in [-0.15, -0.1) is 11.3 Å². The van der Waals surface area contributed by atoms with Gasteiger partial charge in [0.25, 0.3) is 5.91 Å². The van der Waals surface area contributed by atoms with Gasteiger partial charge in [0, 0.05) is 19.6 Å². The van der Waals surface area contributed by atoms with Gasteiger partial charge in [0.15, 0.2) is 0 Å². The van der Waals surface area contributed by atoms with Gasteiger partial charge < -0.3 is 19.9 Å². The van der Waals surface area contributed by atoms with Crippen molar-refractivity contribution in [1.29, 1.82) is 0 Å². The molecule has 0 saturated carbocycles. The van der Waals surface area contributed by atoms with E-state index in [0.717, 1.165) is 26.3 Å². The van der Waals surface area contributed by atoms with E-state index < -0.39 is 6.10 Å². The Labute approximate surface area is 127 Å². The molecule has 0 aliphatic carbocycles. The lowest BCUT2D eigenvalue weighted by Crippen LogP contribution is -2.48. The van der Waals surface area contributed by atoms with E-state index in [9.17, 15) is 9.90 Å². The first kappa shape index (κ1) is 14.9. The standard InChI is InChI=1S/C14H20N2O4S/c17-13-10(15-14(18)12-2-1-7-21-12)9-20-11(13)8-16-3-5-19-6-4-16/h1-2,7,10-11,13,17H,3-6,8-9H2,(H,15,18)/t10-,11-,13+/m0/s1. The van der Waals surface area contributed by atoms with E-state index in [2.05, 4.69) is 10.2 Å². The van der Waals surface area contributed by atoms with Crippen LogP contribution in [-0.4, -0.2) is 73.6 Å². The summed E-state index contributed by atoms with van der Waals surface area (Å²) in [5, 5.41) is 15.0. The third-order valence-corrected chi connectivity index (χ3v) is 4.75. The number of rotatable bonds is 4. The van der Waals surface area contributed by atoms with Crippen LogP contribution in [0.3, 0.4) is 0 Å². The molecule has 6 nitrogen and oxygen atoms in total. The van der Waals surface area contributed by atoms with Crippen LogP contribution in [0.2, 0.25) is 0 Å². The van der Waals surface area contributed by atoms with Gasteiger partial charge >= 0.3 is 0 Å². The molecule has 0 bridgehead atoms. The molecule has 3 atom stereocenters. The Kier molecular flexibility index (Phi) is 4.87. The van der Waals surface area contributed by atoms with Crippen LogP contribution in [0.4, 0.5) is 0 Å². The van der Waals surface area contributed by atoms with Crippen molar-refractivity contribution in [2.45, 2.75) is 18.2 Å². The average molecular weight is 312 g/mol. The van der Waals surface area contributed by atoms with Crippen LogP contribution in [0.15, 0.2) is 17.5 Å². The highest BCUT2D eigenvalue weighted by Gasteiger charge is 2.38. The Morgan fingerprint density at radius 2 is 2.29 bits per heavy atom. The van der Waals surface area contributed by atoms with Crippen molar-refractivity contribution in [3.8, 4) is 0 Å². The zero-order chi connectivity index (χ0) is 14.7. The third-order valence-electron chi connectivity index (χ3n) is 3.89. The number of hydrogen-bond acceptors (Lipinski definition) is 6. The molecule has 1 amide bonds. The lowest BCUT2D eigenvalue weighted by atomic mass is 10.1. The number of carbonyl (C=O) groups is 1. The van der Waals surface area contributed by atoms with Crippen LogP contribution in [0, 0.1) is 0 Å². The number of thiophene rings is 1. The van der Waals surface area contributed by atoms with Crippen molar-refractivity contribution in [2.24, 2.45) is 0 Å². The van der Waals surface area contributed by atoms with Gasteiger partial charge in [0.05, 0.1) is 36.8 Å². The van der Waals surface area contributed by atoms with Crippen molar-refractivity contribution in [3.63, 3.8) is 0 Å². The molecule has 1 aromatic heterocycles. The highest BCUT2D eigenvalue weighted by molar-refractivity contribution is 7.12. The van der Waals surface area contributed by atoms with E-state index >= 15 is 0 Å². The first-order valence-corrected chi connectivity index (χ1v) is 8.06. The minimum Gasteiger partial charge on any atom is -0.388 e. The zero-order valence-electron chi connectivity index (χ0n) is 11.7. The summed E-state index contributed by atoms with van der Waals surface area (Å²) < 4.78 is 11.0. The van der Waals surface area contributed by atoms with E-state index in [4.69, 9.17) is 9.47 Å². The third kappa shape index (κ3) is 3.61. The van der Waals surface area contributed by atoms with Crippen molar-refractivity contribution in [3.05, 3.63) is 22.4 Å². The summed E-state index contributed by atoms with van der Waals surface area (Å²) in [6.07, 6.45) is -0.923. The predicted molar refractivity (Wildman–Crippen MR) is 78.6 cm³/mol. The summed E-state index contributed by atoms with van der Waals surface area (Å²) in [5.41, 5.74) is 0. The van der Waals surface area contributed by atoms with Crippen molar-refractivity contribution < 1.29 is 19.4 Å². The number of morpholine rings is 1. The van der Waals surface area contributed by atoms with E-state index in [1.165, 1.54) is 11.3 Å². The molecule has 3 rings (SSSR count). The van der Waals surface area contributed by atoms with Crippen LogP contribution >= 0.6 is 11.3 Å². The van der Waals surface area contributed by atoms with Crippen LogP contribution in [0.25, 0.3) is 0 Å². The van der Waals surface area contributed by atoms with Crippen LogP contribution < -0.4 is 5.32 Å². The molecule has 2 aliphatic rings. The van der Waals surface area contributed by atoms with E-state index in [0.29, 0.717) is 18.0 Å². The van der Waals surface area contributed by atoms with Gasteiger partial charge in [-0.1, -0.05) is 6.07 Å². The molecule has 7 heteroatoms. The molecule has 3 heterocycles. The maximum absolute atomic E-state index is 12.0. The van der Waals surface area contributed by atoms with E-state index in [1.54, 1.807) is 6.07 Å². The second kappa shape index (κ2) is 6.85. The summed E-state index contributed by atoms with van der Waals surface area (Å²) in [4.78, 5) is 14.9. The average Bonchev–Trinajstić information content (AvgIpc) is 3.14. The van der Waals surface area contributed by atoms with E-state index in [1.807, 2.05) is 11.4 Å². The number of hydrogen-bond donors (Lipinski definition) is 2. The largest absolute Gasteiger partial charge is 0.388 e. The molecule has 0 unspecified atom stereocenters. The highest BCUT2D eigenvalue weighted by Crippen LogP contribution is 2.17. The van der Waals surface area contributed by atoms with E-state index in [-0.39, 0.29) is 18.1 Å². The normalized spacial score (nSPS) is 30.4. The molecule has 2 saturated heterocycles. The van der Waals surface area contributed by atoms with Gasteiger partial charge in [0.2, 0.25) is 0 Å². The maximum Gasteiger partial charge on any atom is 0.261 e. The van der Waals surface area contributed by atoms with Gasteiger partial charge in [-0.05, 0) is 11.4 Å². The fourth-order valence-electron chi connectivity index (χ4n) is 2.66. The number of nitrogens with zero attached hydrogens (tertiary/aromatic N) is 1. The van der Waals surface area contributed by atoms with Crippen LogP contribution in [0.1, 0.15) is 9.67 Å². The lowest BCUT2D eigenvalue weighted by molar-refractivity contribution is -0.0180. The first-order valence-electron chi connectivity index (χ1n) is 7.18. The Hall–Kier alpha value is -0.990. The van der Waals surface area contributed by atoms with Crippen molar-refractivity contribution in [1.82, 2.24) is 10.2 Å². The number of ether oxygens (including phenoxy) is 2. The second-order valence-corrected chi connectivity index (χ2v) is 6.28. The smallest absolute Gasteiger partial charge is 0.261 e. The van der Waals surface area contributed by atoms with Crippen molar-refractivity contribution >= 4 is 17.2 Å². The number of aliphatic hydroxyl groups is 1. The Bertz CT molecular complexity index is 462. The summed E-state index contributed by atoms with van der Waals surface area (Å²) in [6, 6.07) is 3.26. The summed E-state index contributed by atoms with van der Waals surface area (Å²) >= 11 is 1.39. The molecule has 0 spiro atoms. The molecule has 116 valence electrons. The second-order valence-electron chi connectivity index (χ2n) is 5.33. The van der Waals surface area contributed by atoms with Crippen molar-refractivity contribution in [2.75, 3.05) is 39.5 Å². The number of aliphatic hydroxyl groups excluding tert-OH is 1. The quantitative estimate of drug-likeness (QED) is 0.815. The zero-order valence-corrected chi connectivity index (χ0v) is 12.6. The molecule has 1 aromatic rings. The van der Waals surface area contributed by atoms with Crippen LogP contribution in [0.5, 0.6) is 0 Å². The molecular formula is C14H20N2O4S. The Morgan fingerprint density at radius 1 is 1.48 bits per heavy atom. The number of nitrogens with one attached hydrogen (secondary N) is 1. The number of carbonyl (C=O) groups excluding carboxylic acids is 1. The molecule has 2 aliphatic heterocycles. The molecule has 0 aromatic carbocycles. The van der Waals surface area contributed by atoms with Gasteiger partial charge in [-0.3, -0.25) is 9.69 Å². The van der Waals surface area contributed by atoms with Crippen LogP contribution in [-0.2, 0) is 9.47 Å².